The number of hydrogen-bond acceptors (Lipinski definition) is 2. The van der Waals surface area contributed by atoms with E-state index in [0.29, 0.717) is 5.92 Å². The smallest absolute Gasteiger partial charge is 0.127 e. The summed E-state index contributed by atoms with van der Waals surface area (Å²) in [7, 11) is 0. The van der Waals surface area contributed by atoms with Crippen LogP contribution in [0.4, 0.5) is 4.39 Å². The Hall–Kier alpha value is -1.09. The van der Waals surface area contributed by atoms with Gasteiger partial charge in [0.15, 0.2) is 0 Å². The highest BCUT2D eigenvalue weighted by atomic mass is 19.1. The third-order valence-electron chi connectivity index (χ3n) is 5.30. The van der Waals surface area contributed by atoms with Gasteiger partial charge in [-0.15, -0.1) is 0 Å². The summed E-state index contributed by atoms with van der Waals surface area (Å²) in [4.78, 5) is 0. The summed E-state index contributed by atoms with van der Waals surface area (Å²) >= 11 is 0. The molecule has 2 aliphatic rings. The summed E-state index contributed by atoms with van der Waals surface area (Å²) in [5.41, 5.74) is 1.02. The summed E-state index contributed by atoms with van der Waals surface area (Å²) in [6, 6.07) is 5.28. The third-order valence-corrected chi connectivity index (χ3v) is 5.30. The van der Waals surface area contributed by atoms with E-state index >= 15 is 0 Å². The number of ether oxygens (including phenoxy) is 1. The summed E-state index contributed by atoms with van der Waals surface area (Å²) in [6.07, 6.45) is 7.01. The summed E-state index contributed by atoms with van der Waals surface area (Å²) in [5, 5.41) is 3.57. The molecule has 0 aromatic heterocycles. The van der Waals surface area contributed by atoms with Gasteiger partial charge < -0.3 is 10.1 Å². The minimum Gasteiger partial charge on any atom is -0.486 e. The fourth-order valence-corrected chi connectivity index (χ4v) is 4.29. The number of hydrogen-bond donors (Lipinski definition) is 1. The van der Waals surface area contributed by atoms with Gasteiger partial charge >= 0.3 is 0 Å². The molecular formula is C18H26FNO. The molecule has 1 spiro atoms. The van der Waals surface area contributed by atoms with Gasteiger partial charge in [0.2, 0.25) is 0 Å². The van der Waals surface area contributed by atoms with Crippen molar-refractivity contribution in [3.05, 3.63) is 29.6 Å². The maximum Gasteiger partial charge on any atom is 0.127 e. The average molecular weight is 291 g/mol. The van der Waals surface area contributed by atoms with Crippen LogP contribution in [0.3, 0.4) is 0 Å². The van der Waals surface area contributed by atoms with Gasteiger partial charge in [-0.2, -0.15) is 0 Å². The summed E-state index contributed by atoms with van der Waals surface area (Å²) in [5.74, 6) is 1.14. The quantitative estimate of drug-likeness (QED) is 0.879. The van der Waals surface area contributed by atoms with Gasteiger partial charge in [0.1, 0.15) is 17.2 Å². The van der Waals surface area contributed by atoms with E-state index in [1.807, 2.05) is 6.07 Å². The van der Waals surface area contributed by atoms with Crippen LogP contribution in [0.5, 0.6) is 5.75 Å². The summed E-state index contributed by atoms with van der Waals surface area (Å²) in [6.45, 7) is 5.31. The number of benzene rings is 1. The Morgan fingerprint density at radius 2 is 2.19 bits per heavy atom. The first-order valence-corrected chi connectivity index (χ1v) is 8.40. The lowest BCUT2D eigenvalue weighted by atomic mass is 9.69. The predicted molar refractivity (Wildman–Crippen MR) is 83.0 cm³/mol. The van der Waals surface area contributed by atoms with Crippen LogP contribution in [0.15, 0.2) is 18.2 Å². The Balaban J connectivity index is 1.98. The van der Waals surface area contributed by atoms with E-state index in [-0.39, 0.29) is 17.5 Å². The van der Waals surface area contributed by atoms with Crippen LogP contribution < -0.4 is 10.1 Å². The molecule has 1 N–H and O–H groups in total. The first kappa shape index (κ1) is 14.8. The molecule has 3 rings (SSSR count). The van der Waals surface area contributed by atoms with E-state index in [9.17, 15) is 4.39 Å². The second-order valence-corrected chi connectivity index (χ2v) is 6.51. The van der Waals surface area contributed by atoms with Crippen LogP contribution in [0.1, 0.15) is 64.0 Å². The number of rotatable bonds is 3. The zero-order valence-corrected chi connectivity index (χ0v) is 13.1. The lowest BCUT2D eigenvalue weighted by molar-refractivity contribution is -0.0525. The molecule has 3 atom stereocenters. The van der Waals surface area contributed by atoms with Crippen molar-refractivity contribution in [2.24, 2.45) is 5.92 Å². The van der Waals surface area contributed by atoms with E-state index in [2.05, 4.69) is 19.2 Å². The van der Waals surface area contributed by atoms with Crippen LogP contribution in [0, 0.1) is 11.7 Å². The molecule has 2 nitrogen and oxygen atoms in total. The fraction of sp³-hybridized carbons (Fsp3) is 0.667. The lowest BCUT2D eigenvalue weighted by Gasteiger charge is -2.49. The van der Waals surface area contributed by atoms with E-state index in [1.165, 1.54) is 19.3 Å². The molecule has 1 aliphatic heterocycles. The standard InChI is InChI=1S/C18H26FNO/c1-3-13-7-5-6-10-18(13)12-16(20-4-2)15-9-8-14(19)11-17(15)21-18/h8-9,11,13,16,20H,3-7,10,12H2,1-2H3. The van der Waals surface area contributed by atoms with Gasteiger partial charge in [-0.05, 0) is 44.2 Å². The van der Waals surface area contributed by atoms with E-state index in [0.717, 1.165) is 37.1 Å². The van der Waals surface area contributed by atoms with Crippen molar-refractivity contribution < 1.29 is 9.13 Å². The highest BCUT2D eigenvalue weighted by Crippen LogP contribution is 2.49. The van der Waals surface area contributed by atoms with Gasteiger partial charge in [0, 0.05) is 24.1 Å². The number of halogens is 1. The molecule has 0 radical (unpaired) electrons. The monoisotopic (exact) mass is 291 g/mol. The van der Waals surface area contributed by atoms with Crippen molar-refractivity contribution in [2.75, 3.05) is 6.54 Å². The largest absolute Gasteiger partial charge is 0.486 e. The average Bonchev–Trinajstić information content (AvgIpc) is 2.47. The van der Waals surface area contributed by atoms with E-state index in [4.69, 9.17) is 4.74 Å². The highest BCUT2D eigenvalue weighted by molar-refractivity contribution is 5.40. The van der Waals surface area contributed by atoms with Crippen molar-refractivity contribution >= 4 is 0 Å². The van der Waals surface area contributed by atoms with Gasteiger partial charge in [0.25, 0.3) is 0 Å². The molecule has 3 heteroatoms. The molecule has 0 bridgehead atoms. The lowest BCUT2D eigenvalue weighted by Crippen LogP contribution is -2.51. The van der Waals surface area contributed by atoms with Crippen LogP contribution in [-0.4, -0.2) is 12.1 Å². The van der Waals surface area contributed by atoms with Gasteiger partial charge in [-0.3, -0.25) is 0 Å². The Morgan fingerprint density at radius 1 is 1.33 bits per heavy atom. The maximum absolute atomic E-state index is 13.6. The third kappa shape index (κ3) is 2.68. The van der Waals surface area contributed by atoms with Crippen LogP contribution in [-0.2, 0) is 0 Å². The Labute approximate surface area is 127 Å². The van der Waals surface area contributed by atoms with Crippen LogP contribution in [0.2, 0.25) is 0 Å². The molecule has 3 unspecified atom stereocenters. The molecule has 0 amide bonds. The Kier molecular flexibility index (Phi) is 4.21. The Bertz CT molecular complexity index is 504. The van der Waals surface area contributed by atoms with Crippen LogP contribution >= 0.6 is 0 Å². The Morgan fingerprint density at radius 3 is 2.95 bits per heavy atom. The van der Waals surface area contributed by atoms with Crippen molar-refractivity contribution in [3.63, 3.8) is 0 Å². The highest BCUT2D eigenvalue weighted by Gasteiger charge is 2.47. The SMILES string of the molecule is CCNC1CC2(CCCCC2CC)Oc2cc(F)ccc21. The predicted octanol–water partition coefficient (Wildman–Crippen LogP) is 4.60. The second kappa shape index (κ2) is 5.96. The van der Waals surface area contributed by atoms with Gasteiger partial charge in [0.05, 0.1) is 0 Å². The topological polar surface area (TPSA) is 21.3 Å². The van der Waals surface area contributed by atoms with Gasteiger partial charge in [-0.25, -0.2) is 4.39 Å². The van der Waals surface area contributed by atoms with Crippen molar-refractivity contribution in [3.8, 4) is 5.75 Å². The second-order valence-electron chi connectivity index (χ2n) is 6.51. The van der Waals surface area contributed by atoms with E-state index in [1.54, 1.807) is 12.1 Å². The zero-order valence-electron chi connectivity index (χ0n) is 13.1. The minimum atomic E-state index is -0.204. The van der Waals surface area contributed by atoms with Gasteiger partial charge in [-0.1, -0.05) is 26.3 Å². The normalized spacial score (nSPS) is 31.8. The van der Waals surface area contributed by atoms with E-state index < -0.39 is 0 Å². The molecule has 1 saturated carbocycles. The molecule has 1 heterocycles. The maximum atomic E-state index is 13.6. The summed E-state index contributed by atoms with van der Waals surface area (Å²) < 4.78 is 20.1. The minimum absolute atomic E-state index is 0.0966. The molecule has 1 aliphatic carbocycles. The van der Waals surface area contributed by atoms with Crippen molar-refractivity contribution in [2.45, 2.75) is 64.0 Å². The van der Waals surface area contributed by atoms with Crippen LogP contribution in [0.25, 0.3) is 0 Å². The van der Waals surface area contributed by atoms with Crippen molar-refractivity contribution in [1.29, 1.82) is 0 Å². The van der Waals surface area contributed by atoms with Crippen molar-refractivity contribution in [1.82, 2.24) is 5.32 Å². The first-order valence-electron chi connectivity index (χ1n) is 8.40. The zero-order chi connectivity index (χ0) is 14.9. The first-order chi connectivity index (χ1) is 10.2. The molecule has 1 fully saturated rings. The molecule has 0 saturated heterocycles. The molecular weight excluding hydrogens is 265 g/mol. The number of fused-ring (bicyclic) bond motifs is 1. The fourth-order valence-electron chi connectivity index (χ4n) is 4.29. The molecule has 21 heavy (non-hydrogen) atoms. The molecule has 1 aromatic carbocycles. The molecule has 116 valence electrons. The molecule has 1 aromatic rings. The number of nitrogens with one attached hydrogen (secondary N) is 1.